The lowest BCUT2D eigenvalue weighted by atomic mass is 10.1. The van der Waals surface area contributed by atoms with Gasteiger partial charge in [0.25, 0.3) is 5.91 Å². The van der Waals surface area contributed by atoms with Crippen molar-refractivity contribution in [2.75, 3.05) is 18.6 Å². The summed E-state index contributed by atoms with van der Waals surface area (Å²) in [6.07, 6.45) is 0.709. The standard InChI is InChI=1S/C30H35N3O4/c1-20(28(35)31-30(2,3)4)33(19-21-14-16-23(37-5)17-15-21)26(34)13-8-18-32-25-12-7-10-22-9-6-11-24(27(22)25)29(32)36/h6-7,9-12,14-17,20H,8,13,18-19H2,1-5H3,(H,31,35)/t20-/m1/s1. The SMILES string of the molecule is COc1ccc(CN(C(=O)CCCN2C(=O)c3cccc4cccc2c34)[C@H](C)C(=O)NC(C)(C)C)cc1. The molecule has 0 aliphatic carbocycles. The molecule has 0 aromatic heterocycles. The Bertz CT molecular complexity index is 1310. The molecule has 0 fully saturated rings. The third-order valence-corrected chi connectivity index (χ3v) is 6.60. The molecule has 0 spiro atoms. The molecule has 7 heteroatoms. The van der Waals surface area contributed by atoms with Crippen LogP contribution < -0.4 is 15.0 Å². The van der Waals surface area contributed by atoms with Crippen LogP contribution in [0.2, 0.25) is 0 Å². The molecule has 0 saturated heterocycles. The Morgan fingerprint density at radius 3 is 2.35 bits per heavy atom. The van der Waals surface area contributed by atoms with Crippen LogP contribution in [0.25, 0.3) is 10.8 Å². The number of hydrogen-bond donors (Lipinski definition) is 1. The first-order chi connectivity index (χ1) is 17.6. The van der Waals surface area contributed by atoms with Crippen LogP contribution >= 0.6 is 0 Å². The molecule has 4 rings (SSSR count). The van der Waals surface area contributed by atoms with E-state index in [1.54, 1.807) is 23.8 Å². The van der Waals surface area contributed by atoms with Crippen LogP contribution in [-0.2, 0) is 16.1 Å². The topological polar surface area (TPSA) is 79.0 Å². The van der Waals surface area contributed by atoms with Gasteiger partial charge in [0.05, 0.1) is 12.8 Å². The molecule has 0 radical (unpaired) electrons. The predicted molar refractivity (Wildman–Crippen MR) is 146 cm³/mol. The Morgan fingerprint density at radius 2 is 1.70 bits per heavy atom. The molecule has 1 heterocycles. The quantitative estimate of drug-likeness (QED) is 0.451. The van der Waals surface area contributed by atoms with Crippen molar-refractivity contribution in [3.8, 4) is 5.75 Å². The minimum atomic E-state index is -0.653. The van der Waals surface area contributed by atoms with Gasteiger partial charge in [0.2, 0.25) is 11.8 Å². The van der Waals surface area contributed by atoms with Crippen molar-refractivity contribution in [1.29, 1.82) is 0 Å². The number of ether oxygens (including phenoxy) is 1. The average Bonchev–Trinajstić information content (AvgIpc) is 3.14. The third kappa shape index (κ3) is 5.77. The first kappa shape index (κ1) is 26.2. The highest BCUT2D eigenvalue weighted by atomic mass is 16.5. The number of hydrogen-bond acceptors (Lipinski definition) is 4. The first-order valence-corrected chi connectivity index (χ1v) is 12.7. The summed E-state index contributed by atoms with van der Waals surface area (Å²) in [6, 6.07) is 18.5. The summed E-state index contributed by atoms with van der Waals surface area (Å²) in [5, 5.41) is 4.98. The maximum atomic E-state index is 13.5. The van der Waals surface area contributed by atoms with Gasteiger partial charge in [0.15, 0.2) is 0 Å². The molecule has 194 valence electrons. The zero-order valence-electron chi connectivity index (χ0n) is 22.2. The lowest BCUT2D eigenvalue weighted by Crippen LogP contribution is -2.52. The van der Waals surface area contributed by atoms with Crippen LogP contribution in [0.3, 0.4) is 0 Å². The molecular weight excluding hydrogens is 466 g/mol. The Morgan fingerprint density at radius 1 is 1.03 bits per heavy atom. The van der Waals surface area contributed by atoms with Gasteiger partial charge in [0, 0.05) is 36.0 Å². The molecule has 3 amide bonds. The van der Waals surface area contributed by atoms with E-state index in [0.29, 0.717) is 25.1 Å². The van der Waals surface area contributed by atoms with Gasteiger partial charge in [-0.1, -0.05) is 36.4 Å². The largest absolute Gasteiger partial charge is 0.497 e. The lowest BCUT2D eigenvalue weighted by molar-refractivity contribution is -0.141. The van der Waals surface area contributed by atoms with E-state index >= 15 is 0 Å². The molecule has 3 aromatic carbocycles. The summed E-state index contributed by atoms with van der Waals surface area (Å²) in [5.41, 5.74) is 2.08. The highest BCUT2D eigenvalue weighted by molar-refractivity contribution is 6.25. The summed E-state index contributed by atoms with van der Waals surface area (Å²) in [6.45, 7) is 8.23. The second kappa shape index (κ2) is 10.6. The molecule has 1 atom stereocenters. The van der Waals surface area contributed by atoms with Crippen LogP contribution in [0.4, 0.5) is 5.69 Å². The van der Waals surface area contributed by atoms with E-state index in [9.17, 15) is 14.4 Å². The Balaban J connectivity index is 1.47. The second-order valence-electron chi connectivity index (χ2n) is 10.5. The molecule has 3 aromatic rings. The van der Waals surface area contributed by atoms with Gasteiger partial charge in [-0.3, -0.25) is 14.4 Å². The van der Waals surface area contributed by atoms with Gasteiger partial charge in [-0.15, -0.1) is 0 Å². The Labute approximate surface area is 218 Å². The van der Waals surface area contributed by atoms with Gasteiger partial charge < -0.3 is 19.9 Å². The van der Waals surface area contributed by atoms with Gasteiger partial charge in [-0.05, 0) is 69.3 Å². The van der Waals surface area contributed by atoms with Crippen LogP contribution in [0.15, 0.2) is 60.7 Å². The van der Waals surface area contributed by atoms with Crippen molar-refractivity contribution in [3.05, 3.63) is 71.8 Å². The molecule has 0 saturated carbocycles. The summed E-state index contributed by atoms with van der Waals surface area (Å²) >= 11 is 0. The molecule has 0 bridgehead atoms. The van der Waals surface area contributed by atoms with Crippen LogP contribution in [0.1, 0.15) is 56.5 Å². The van der Waals surface area contributed by atoms with E-state index in [0.717, 1.165) is 27.8 Å². The zero-order chi connectivity index (χ0) is 26.7. The zero-order valence-corrected chi connectivity index (χ0v) is 22.2. The number of amides is 3. The van der Waals surface area contributed by atoms with E-state index in [4.69, 9.17) is 4.74 Å². The number of anilines is 1. The normalized spacial score (nSPS) is 13.5. The van der Waals surface area contributed by atoms with Crippen LogP contribution in [-0.4, -0.2) is 47.9 Å². The second-order valence-corrected chi connectivity index (χ2v) is 10.5. The number of benzene rings is 3. The van der Waals surface area contributed by atoms with E-state index in [1.807, 2.05) is 81.4 Å². The van der Waals surface area contributed by atoms with Gasteiger partial charge in [0.1, 0.15) is 11.8 Å². The fourth-order valence-electron chi connectivity index (χ4n) is 4.72. The molecule has 0 unspecified atom stereocenters. The fraction of sp³-hybridized carbons (Fsp3) is 0.367. The minimum Gasteiger partial charge on any atom is -0.497 e. The summed E-state index contributed by atoms with van der Waals surface area (Å²) in [4.78, 5) is 42.9. The summed E-state index contributed by atoms with van der Waals surface area (Å²) in [7, 11) is 1.60. The molecule has 7 nitrogen and oxygen atoms in total. The number of methoxy groups -OCH3 is 1. The Hall–Kier alpha value is -3.87. The van der Waals surface area contributed by atoms with Crippen molar-refractivity contribution in [1.82, 2.24) is 10.2 Å². The van der Waals surface area contributed by atoms with E-state index in [1.165, 1.54) is 0 Å². The monoisotopic (exact) mass is 501 g/mol. The number of rotatable bonds is 9. The van der Waals surface area contributed by atoms with E-state index in [2.05, 4.69) is 5.32 Å². The highest BCUT2D eigenvalue weighted by Crippen LogP contribution is 2.37. The molecule has 1 aliphatic rings. The number of carbonyl (C=O) groups excluding carboxylic acids is 3. The van der Waals surface area contributed by atoms with Crippen molar-refractivity contribution in [2.24, 2.45) is 0 Å². The number of nitrogens with zero attached hydrogens (tertiary/aromatic N) is 2. The van der Waals surface area contributed by atoms with Gasteiger partial charge in [-0.2, -0.15) is 0 Å². The van der Waals surface area contributed by atoms with Crippen molar-refractivity contribution >= 4 is 34.2 Å². The summed E-state index contributed by atoms with van der Waals surface area (Å²) < 4.78 is 5.24. The average molecular weight is 502 g/mol. The lowest BCUT2D eigenvalue weighted by Gasteiger charge is -2.31. The van der Waals surface area contributed by atoms with Crippen molar-refractivity contribution in [2.45, 2.75) is 58.7 Å². The van der Waals surface area contributed by atoms with Crippen LogP contribution in [0, 0.1) is 0 Å². The van der Waals surface area contributed by atoms with Crippen molar-refractivity contribution < 1.29 is 19.1 Å². The number of carbonyl (C=O) groups is 3. The molecule has 37 heavy (non-hydrogen) atoms. The van der Waals surface area contributed by atoms with Crippen LogP contribution in [0.5, 0.6) is 5.75 Å². The molecular formula is C30H35N3O4. The van der Waals surface area contributed by atoms with E-state index in [-0.39, 0.29) is 24.1 Å². The molecule has 1 aliphatic heterocycles. The Kier molecular flexibility index (Phi) is 7.52. The smallest absolute Gasteiger partial charge is 0.258 e. The summed E-state index contributed by atoms with van der Waals surface area (Å²) in [5.74, 6) is 0.361. The maximum absolute atomic E-state index is 13.5. The fourth-order valence-corrected chi connectivity index (χ4v) is 4.72. The maximum Gasteiger partial charge on any atom is 0.258 e. The van der Waals surface area contributed by atoms with Gasteiger partial charge in [-0.25, -0.2) is 0 Å². The van der Waals surface area contributed by atoms with Gasteiger partial charge >= 0.3 is 0 Å². The predicted octanol–water partition coefficient (Wildman–Crippen LogP) is 4.92. The van der Waals surface area contributed by atoms with E-state index < -0.39 is 11.6 Å². The highest BCUT2D eigenvalue weighted by Gasteiger charge is 2.31. The first-order valence-electron chi connectivity index (χ1n) is 12.7. The molecule has 1 N–H and O–H groups in total. The minimum absolute atomic E-state index is 0.0349. The third-order valence-electron chi connectivity index (χ3n) is 6.60. The number of nitrogens with one attached hydrogen (secondary N) is 1. The van der Waals surface area contributed by atoms with Crippen molar-refractivity contribution in [3.63, 3.8) is 0 Å².